The molecule has 1 aliphatic carbocycles. The summed E-state index contributed by atoms with van der Waals surface area (Å²) in [4.78, 5) is 2.30. The molecule has 0 spiro atoms. The molecule has 0 aromatic heterocycles. The molecule has 2 rings (SSSR count). The predicted molar refractivity (Wildman–Crippen MR) is 59.7 cm³/mol. The van der Waals surface area contributed by atoms with Gasteiger partial charge in [0.25, 0.3) is 10.1 Å². The van der Waals surface area contributed by atoms with Crippen molar-refractivity contribution in [2.45, 2.75) is 31.4 Å². The normalized spacial score (nSPS) is 33.1. The first-order chi connectivity index (χ1) is 7.56. The Morgan fingerprint density at radius 3 is 2.56 bits per heavy atom. The molecule has 0 bridgehead atoms. The van der Waals surface area contributed by atoms with Gasteiger partial charge in [-0.1, -0.05) is 0 Å². The van der Waals surface area contributed by atoms with Gasteiger partial charge in [-0.05, 0) is 19.3 Å². The van der Waals surface area contributed by atoms with Gasteiger partial charge in [0.2, 0.25) is 0 Å². The second-order valence-electron chi connectivity index (χ2n) is 4.49. The zero-order valence-corrected chi connectivity index (χ0v) is 10.4. The van der Waals surface area contributed by atoms with Gasteiger partial charge >= 0.3 is 0 Å². The second kappa shape index (κ2) is 5.00. The zero-order chi connectivity index (χ0) is 11.6. The van der Waals surface area contributed by atoms with Gasteiger partial charge in [0.1, 0.15) is 0 Å². The maximum Gasteiger partial charge on any atom is 0.264 e. The molecule has 16 heavy (non-hydrogen) atoms. The predicted octanol–water partition coefficient (Wildman–Crippen LogP) is 0.216. The van der Waals surface area contributed by atoms with Crippen LogP contribution in [0.25, 0.3) is 0 Å². The second-order valence-corrected chi connectivity index (χ2v) is 6.09. The quantitative estimate of drug-likeness (QED) is 0.670. The van der Waals surface area contributed by atoms with E-state index in [0.29, 0.717) is 0 Å². The molecule has 0 N–H and O–H groups in total. The van der Waals surface area contributed by atoms with Gasteiger partial charge in [-0.25, -0.2) is 0 Å². The van der Waals surface area contributed by atoms with E-state index in [1.807, 2.05) is 0 Å². The molecule has 0 aromatic carbocycles. The van der Waals surface area contributed by atoms with Crippen LogP contribution in [-0.2, 0) is 19.0 Å². The van der Waals surface area contributed by atoms with Crippen LogP contribution in [0.1, 0.15) is 19.3 Å². The molecule has 0 radical (unpaired) electrons. The third-order valence-corrected chi connectivity index (χ3v) is 3.83. The van der Waals surface area contributed by atoms with Crippen LogP contribution >= 0.6 is 0 Å². The highest BCUT2D eigenvalue weighted by Gasteiger charge is 2.35. The summed E-state index contributed by atoms with van der Waals surface area (Å²) in [5.41, 5.74) is 0. The molecule has 2 unspecified atom stereocenters. The van der Waals surface area contributed by atoms with Crippen LogP contribution in [-0.4, -0.2) is 58.0 Å². The number of hydrogen-bond donors (Lipinski definition) is 0. The molecule has 2 fully saturated rings. The van der Waals surface area contributed by atoms with Gasteiger partial charge in [0.15, 0.2) is 0 Å². The van der Waals surface area contributed by atoms with Crippen molar-refractivity contribution in [2.24, 2.45) is 0 Å². The highest BCUT2D eigenvalue weighted by atomic mass is 32.2. The average molecular weight is 249 g/mol. The number of hydrogen-bond acceptors (Lipinski definition) is 5. The summed E-state index contributed by atoms with van der Waals surface area (Å²) in [7, 11) is -3.34. The van der Waals surface area contributed by atoms with Crippen molar-refractivity contribution >= 4 is 10.1 Å². The van der Waals surface area contributed by atoms with Crippen molar-refractivity contribution in [1.82, 2.24) is 4.90 Å². The minimum absolute atomic E-state index is 0.159. The lowest BCUT2D eigenvalue weighted by atomic mass is 10.1. The summed E-state index contributed by atoms with van der Waals surface area (Å²) in [6, 6.07) is 0.249. The number of ether oxygens (including phenoxy) is 1. The molecule has 2 aliphatic rings. The molecule has 1 saturated carbocycles. The van der Waals surface area contributed by atoms with Crippen LogP contribution in [0.3, 0.4) is 0 Å². The summed E-state index contributed by atoms with van der Waals surface area (Å²) in [5, 5.41) is 0. The minimum atomic E-state index is -3.34. The molecule has 5 nitrogen and oxygen atoms in total. The van der Waals surface area contributed by atoms with E-state index in [2.05, 4.69) is 4.90 Å². The molecule has 0 aromatic rings. The molecule has 6 heteroatoms. The largest absolute Gasteiger partial charge is 0.379 e. The monoisotopic (exact) mass is 249 g/mol. The Kier molecular flexibility index (Phi) is 3.84. The Hall–Kier alpha value is -0.170. The fraction of sp³-hybridized carbons (Fsp3) is 1.00. The van der Waals surface area contributed by atoms with E-state index < -0.39 is 10.1 Å². The fourth-order valence-electron chi connectivity index (χ4n) is 2.57. The first-order valence-corrected chi connectivity index (χ1v) is 7.58. The Balaban J connectivity index is 1.97. The smallest absolute Gasteiger partial charge is 0.264 e. The van der Waals surface area contributed by atoms with Gasteiger partial charge in [-0.15, -0.1) is 0 Å². The van der Waals surface area contributed by atoms with Crippen molar-refractivity contribution < 1.29 is 17.3 Å². The van der Waals surface area contributed by atoms with Gasteiger partial charge in [0, 0.05) is 19.1 Å². The van der Waals surface area contributed by atoms with E-state index in [1.54, 1.807) is 0 Å². The van der Waals surface area contributed by atoms with Crippen molar-refractivity contribution in [3.8, 4) is 0 Å². The van der Waals surface area contributed by atoms with E-state index in [1.165, 1.54) is 0 Å². The Bertz CT molecular complexity index is 324. The molecule has 2 atom stereocenters. The fourth-order valence-corrected chi connectivity index (χ4v) is 3.24. The number of morpholine rings is 1. The molecule has 1 heterocycles. The van der Waals surface area contributed by atoms with E-state index in [-0.39, 0.29) is 12.1 Å². The van der Waals surface area contributed by atoms with E-state index in [0.717, 1.165) is 51.8 Å². The maximum atomic E-state index is 11.2. The third kappa shape index (κ3) is 3.16. The molecule has 94 valence electrons. The van der Waals surface area contributed by atoms with Crippen LogP contribution in [0.5, 0.6) is 0 Å². The Labute approximate surface area is 96.8 Å². The zero-order valence-electron chi connectivity index (χ0n) is 9.59. The minimum Gasteiger partial charge on any atom is -0.379 e. The average Bonchev–Trinajstić information content (AvgIpc) is 2.64. The SMILES string of the molecule is CS(=O)(=O)OC1CCCC1N1CCOCC1. The van der Waals surface area contributed by atoms with Crippen LogP contribution in [0.15, 0.2) is 0 Å². The lowest BCUT2D eigenvalue weighted by Gasteiger charge is -2.34. The maximum absolute atomic E-state index is 11.2. The van der Waals surface area contributed by atoms with Crippen molar-refractivity contribution in [2.75, 3.05) is 32.6 Å². The van der Waals surface area contributed by atoms with Gasteiger partial charge in [0.05, 0.1) is 25.6 Å². The van der Waals surface area contributed by atoms with E-state index in [4.69, 9.17) is 8.92 Å². The molecular formula is C10H19NO4S. The van der Waals surface area contributed by atoms with E-state index in [9.17, 15) is 8.42 Å². The number of rotatable bonds is 3. The number of nitrogens with zero attached hydrogens (tertiary/aromatic N) is 1. The highest BCUT2D eigenvalue weighted by molar-refractivity contribution is 7.86. The Morgan fingerprint density at radius 1 is 1.25 bits per heavy atom. The van der Waals surface area contributed by atoms with Crippen LogP contribution in [0.2, 0.25) is 0 Å². The summed E-state index contributed by atoms with van der Waals surface area (Å²) in [5.74, 6) is 0. The van der Waals surface area contributed by atoms with Gasteiger partial charge in [-0.3, -0.25) is 9.08 Å². The third-order valence-electron chi connectivity index (χ3n) is 3.23. The van der Waals surface area contributed by atoms with E-state index >= 15 is 0 Å². The first kappa shape index (κ1) is 12.3. The van der Waals surface area contributed by atoms with Crippen LogP contribution < -0.4 is 0 Å². The van der Waals surface area contributed by atoms with Gasteiger partial charge < -0.3 is 4.74 Å². The molecule has 0 amide bonds. The first-order valence-electron chi connectivity index (χ1n) is 5.76. The summed E-state index contributed by atoms with van der Waals surface area (Å²) >= 11 is 0. The van der Waals surface area contributed by atoms with Crippen molar-refractivity contribution in [1.29, 1.82) is 0 Å². The molecular weight excluding hydrogens is 230 g/mol. The highest BCUT2D eigenvalue weighted by Crippen LogP contribution is 2.28. The van der Waals surface area contributed by atoms with Gasteiger partial charge in [-0.2, -0.15) is 8.42 Å². The molecule has 1 saturated heterocycles. The van der Waals surface area contributed by atoms with Crippen molar-refractivity contribution in [3.05, 3.63) is 0 Å². The Morgan fingerprint density at radius 2 is 1.94 bits per heavy atom. The lowest BCUT2D eigenvalue weighted by Crippen LogP contribution is -2.47. The summed E-state index contributed by atoms with van der Waals surface area (Å²) in [6.07, 6.45) is 3.88. The lowest BCUT2D eigenvalue weighted by molar-refractivity contribution is -0.00458. The summed E-state index contributed by atoms with van der Waals surface area (Å²) < 4.78 is 32.7. The topological polar surface area (TPSA) is 55.8 Å². The van der Waals surface area contributed by atoms with Crippen molar-refractivity contribution in [3.63, 3.8) is 0 Å². The van der Waals surface area contributed by atoms with Crippen LogP contribution in [0, 0.1) is 0 Å². The standard InChI is InChI=1S/C10H19NO4S/c1-16(12,13)15-10-4-2-3-9(10)11-5-7-14-8-6-11/h9-10H,2-8H2,1H3. The molecule has 1 aliphatic heterocycles. The summed E-state index contributed by atoms with van der Waals surface area (Å²) in [6.45, 7) is 3.24. The van der Waals surface area contributed by atoms with Crippen LogP contribution in [0.4, 0.5) is 0 Å².